The van der Waals surface area contributed by atoms with Gasteiger partial charge >= 0.3 is 17.9 Å². The first kappa shape index (κ1) is 66.3. The summed E-state index contributed by atoms with van der Waals surface area (Å²) in [5.41, 5.74) is 0. The van der Waals surface area contributed by atoms with E-state index in [0.29, 0.717) is 19.3 Å². The molecule has 2 unspecified atom stereocenters. The highest BCUT2D eigenvalue weighted by molar-refractivity contribution is 5.72. The van der Waals surface area contributed by atoms with Crippen LogP contribution in [0.15, 0.2) is 48.6 Å². The lowest BCUT2D eigenvalue weighted by Crippen LogP contribution is -2.50. The van der Waals surface area contributed by atoms with Crippen LogP contribution in [-0.4, -0.2) is 80.6 Å². The van der Waals surface area contributed by atoms with Crippen molar-refractivity contribution in [3.8, 4) is 0 Å². The average Bonchev–Trinajstić information content (AvgIpc) is 3.31. The Balaban J connectivity index is 4.17. The number of hydrogen-bond acceptors (Lipinski definition) is 6. The Labute approximate surface area is 426 Å². The van der Waals surface area contributed by atoms with Crippen LogP contribution in [0.2, 0.25) is 0 Å². The topological polar surface area (TPSA) is 99.1 Å². The number of hydrogen-bond donors (Lipinski definition) is 1. The number of carboxylic acid groups (broad SMARTS) is 1. The summed E-state index contributed by atoms with van der Waals surface area (Å²) in [6.07, 6.45) is 64.6. The van der Waals surface area contributed by atoms with E-state index in [4.69, 9.17) is 14.2 Å². The van der Waals surface area contributed by atoms with Gasteiger partial charge in [-0.15, -0.1) is 0 Å². The van der Waals surface area contributed by atoms with Gasteiger partial charge in [0, 0.05) is 19.3 Å². The molecule has 8 heteroatoms. The molecule has 0 saturated heterocycles. The summed E-state index contributed by atoms with van der Waals surface area (Å²) in [4.78, 5) is 37.3. The lowest BCUT2D eigenvalue weighted by Gasteiger charge is -2.31. The number of ether oxygens (including phenoxy) is 3. The van der Waals surface area contributed by atoms with Crippen LogP contribution in [0.5, 0.6) is 0 Å². The highest BCUT2D eigenvalue weighted by Crippen LogP contribution is 2.16. The fourth-order valence-electron chi connectivity index (χ4n) is 8.68. The molecule has 0 amide bonds. The second kappa shape index (κ2) is 51.6. The van der Waals surface area contributed by atoms with Gasteiger partial charge in [-0.1, -0.05) is 223 Å². The molecule has 1 N–H and O–H groups in total. The molecule has 0 bridgehead atoms. The number of esters is 2. The average molecular weight is 972 g/mol. The second-order valence-electron chi connectivity index (χ2n) is 20.9. The van der Waals surface area contributed by atoms with E-state index in [1.807, 2.05) is 21.1 Å². The Kier molecular flexibility index (Phi) is 49.6. The van der Waals surface area contributed by atoms with Crippen molar-refractivity contribution in [1.29, 1.82) is 0 Å². The fraction of sp³-hybridized carbons (Fsp3) is 0.820. The van der Waals surface area contributed by atoms with Gasteiger partial charge in [0.15, 0.2) is 12.1 Å². The Morgan fingerprint density at radius 2 is 0.768 bits per heavy atom. The Morgan fingerprint density at radius 1 is 0.435 bits per heavy atom. The number of carboxylic acids is 1. The van der Waals surface area contributed by atoms with Gasteiger partial charge in [0.25, 0.3) is 0 Å². The van der Waals surface area contributed by atoms with Gasteiger partial charge in [-0.2, -0.15) is 0 Å². The number of carbonyl (C=O) groups is 3. The van der Waals surface area contributed by atoms with Gasteiger partial charge in [-0.05, 0) is 77.0 Å². The molecule has 0 heterocycles. The van der Waals surface area contributed by atoms with E-state index in [-0.39, 0.29) is 36.2 Å². The first-order chi connectivity index (χ1) is 33.6. The van der Waals surface area contributed by atoms with E-state index in [0.717, 1.165) is 57.8 Å². The summed E-state index contributed by atoms with van der Waals surface area (Å²) in [7, 11) is 5.54. The quantitative estimate of drug-likeness (QED) is 0.0280. The Morgan fingerprint density at radius 3 is 1.17 bits per heavy atom. The molecule has 0 aromatic carbocycles. The summed E-state index contributed by atoms with van der Waals surface area (Å²) in [6, 6.07) is -0.618. The van der Waals surface area contributed by atoms with Crippen LogP contribution < -0.4 is 0 Å². The summed E-state index contributed by atoms with van der Waals surface area (Å²) in [6.45, 7) is 4.74. The first-order valence-corrected chi connectivity index (χ1v) is 29.2. The molecule has 402 valence electrons. The molecular weight excluding hydrogens is 859 g/mol. The number of carbonyl (C=O) groups excluding carboxylic acids is 2. The summed E-state index contributed by atoms with van der Waals surface area (Å²) in [5, 5.41) is 9.68. The highest BCUT2D eigenvalue weighted by Gasteiger charge is 2.31. The second-order valence-corrected chi connectivity index (χ2v) is 20.9. The monoisotopic (exact) mass is 971 g/mol. The molecule has 8 nitrogen and oxygen atoms in total. The number of rotatable bonds is 53. The van der Waals surface area contributed by atoms with E-state index in [9.17, 15) is 19.5 Å². The molecule has 69 heavy (non-hydrogen) atoms. The standard InChI is InChI=1S/C61H111NO7/c1-6-8-10-12-14-16-18-20-22-24-26-28-30-32-33-35-37-39-41-43-45-47-49-51-59(63)68-56-57(55-67-54-53-58(61(65)66)62(3,4)5)69-60(64)52-50-48-46-44-42-40-38-36-34-31-29-27-25-23-21-19-17-15-13-11-9-7-2/h15,17,21,23,27,29,32-33,57-58H,6-14,16,18-20,22,24-26,28,30-31,34-56H2,1-5H3/p+1/b17-15+,23-21+,29-27+,33-32+. The number of unbranched alkanes of at least 4 members (excludes halogenated alkanes) is 31. The van der Waals surface area contributed by atoms with Crippen molar-refractivity contribution in [2.45, 2.75) is 283 Å². The molecule has 0 saturated carbocycles. The lowest BCUT2D eigenvalue weighted by molar-refractivity contribution is -0.887. The molecule has 0 fully saturated rings. The zero-order valence-corrected chi connectivity index (χ0v) is 46.0. The molecule has 0 aliphatic carbocycles. The van der Waals surface area contributed by atoms with Crippen LogP contribution in [0.4, 0.5) is 0 Å². The summed E-state index contributed by atoms with van der Waals surface area (Å²) >= 11 is 0. The van der Waals surface area contributed by atoms with Crippen molar-refractivity contribution in [3.05, 3.63) is 48.6 Å². The van der Waals surface area contributed by atoms with E-state index < -0.39 is 18.1 Å². The number of likely N-dealkylation sites (N-methyl/N-ethyl adjacent to an activating group) is 1. The van der Waals surface area contributed by atoms with Crippen LogP contribution in [0.3, 0.4) is 0 Å². The Hall–Kier alpha value is -2.71. The van der Waals surface area contributed by atoms with E-state index >= 15 is 0 Å². The third-order valence-corrected chi connectivity index (χ3v) is 13.2. The molecule has 0 aliphatic rings. The van der Waals surface area contributed by atoms with E-state index in [1.54, 1.807) is 0 Å². The van der Waals surface area contributed by atoms with Crippen LogP contribution in [0.25, 0.3) is 0 Å². The minimum absolute atomic E-state index is 0.0545. The lowest BCUT2D eigenvalue weighted by atomic mass is 10.0. The first-order valence-electron chi connectivity index (χ1n) is 29.2. The molecule has 0 aromatic rings. The molecule has 0 radical (unpaired) electrons. The van der Waals surface area contributed by atoms with Crippen molar-refractivity contribution in [2.75, 3.05) is 41.0 Å². The maximum atomic E-state index is 12.8. The third-order valence-electron chi connectivity index (χ3n) is 13.2. The smallest absolute Gasteiger partial charge is 0.362 e. The number of quaternary nitrogens is 1. The Bertz CT molecular complexity index is 1270. The van der Waals surface area contributed by atoms with Gasteiger partial charge in [-0.3, -0.25) is 9.59 Å². The molecular formula is C61H112NO7+. The van der Waals surface area contributed by atoms with Crippen molar-refractivity contribution < 1.29 is 38.2 Å². The van der Waals surface area contributed by atoms with E-state index in [1.165, 1.54) is 180 Å². The zero-order chi connectivity index (χ0) is 50.6. The van der Waals surface area contributed by atoms with Gasteiger partial charge in [-0.25, -0.2) is 4.79 Å². The summed E-state index contributed by atoms with van der Waals surface area (Å²) in [5.74, 6) is -1.47. The molecule has 0 aliphatic heterocycles. The molecule has 0 spiro atoms. The minimum atomic E-state index is -0.874. The van der Waals surface area contributed by atoms with Crippen molar-refractivity contribution in [3.63, 3.8) is 0 Å². The maximum absolute atomic E-state index is 12.8. The van der Waals surface area contributed by atoms with Crippen LogP contribution in [0, 0.1) is 0 Å². The van der Waals surface area contributed by atoms with Crippen LogP contribution in [-0.2, 0) is 28.6 Å². The number of allylic oxidation sites excluding steroid dienone is 8. The highest BCUT2D eigenvalue weighted by atomic mass is 16.6. The van der Waals surface area contributed by atoms with Gasteiger partial charge in [0.05, 0.1) is 34.4 Å². The predicted octanol–water partition coefficient (Wildman–Crippen LogP) is 17.5. The van der Waals surface area contributed by atoms with Crippen molar-refractivity contribution in [2.24, 2.45) is 0 Å². The van der Waals surface area contributed by atoms with Crippen molar-refractivity contribution in [1.82, 2.24) is 0 Å². The van der Waals surface area contributed by atoms with Gasteiger partial charge < -0.3 is 23.8 Å². The van der Waals surface area contributed by atoms with Crippen LogP contribution >= 0.6 is 0 Å². The maximum Gasteiger partial charge on any atom is 0.362 e. The predicted molar refractivity (Wildman–Crippen MR) is 294 cm³/mol. The normalized spacial score (nSPS) is 13.1. The van der Waals surface area contributed by atoms with Gasteiger partial charge in [0.2, 0.25) is 0 Å². The molecule has 0 aromatic heterocycles. The SMILES string of the molecule is CCCCC/C=C/C/C=C/C/C=C/CCCCCCCCCCCC(=O)OC(COCCC(C(=O)O)[N+](C)(C)C)COC(=O)CCCCCCCCC/C=C/CCCCCCCCCCCCCC. The third kappa shape index (κ3) is 50.0. The zero-order valence-electron chi connectivity index (χ0n) is 46.0. The number of nitrogens with zero attached hydrogens (tertiary/aromatic N) is 1. The minimum Gasteiger partial charge on any atom is -0.477 e. The largest absolute Gasteiger partial charge is 0.477 e. The van der Waals surface area contributed by atoms with Gasteiger partial charge in [0.1, 0.15) is 6.61 Å². The molecule has 2 atom stereocenters. The van der Waals surface area contributed by atoms with Crippen LogP contribution in [0.1, 0.15) is 271 Å². The van der Waals surface area contributed by atoms with Crippen molar-refractivity contribution >= 4 is 17.9 Å². The molecule has 0 rings (SSSR count). The van der Waals surface area contributed by atoms with E-state index in [2.05, 4.69) is 62.5 Å². The number of aliphatic carboxylic acids is 1. The fourth-order valence-corrected chi connectivity index (χ4v) is 8.68. The summed E-state index contributed by atoms with van der Waals surface area (Å²) < 4.78 is 17.4.